The van der Waals surface area contributed by atoms with Crippen LogP contribution in [0.25, 0.3) is 17.0 Å². The molecule has 2 aromatic carbocycles. The Bertz CT molecular complexity index is 1190. The van der Waals surface area contributed by atoms with E-state index in [2.05, 4.69) is 20.4 Å². The van der Waals surface area contributed by atoms with Crippen molar-refractivity contribution in [2.24, 2.45) is 0 Å². The van der Waals surface area contributed by atoms with Crippen LogP contribution in [-0.2, 0) is 6.54 Å². The molecule has 152 valence electrons. The van der Waals surface area contributed by atoms with Gasteiger partial charge in [0.15, 0.2) is 17.3 Å². The summed E-state index contributed by atoms with van der Waals surface area (Å²) < 4.78 is 17.5. The van der Waals surface area contributed by atoms with Gasteiger partial charge in [0.25, 0.3) is 0 Å². The lowest BCUT2D eigenvalue weighted by Crippen LogP contribution is -2.42. The molecule has 0 unspecified atom stereocenters. The van der Waals surface area contributed by atoms with Crippen LogP contribution >= 0.6 is 0 Å². The quantitative estimate of drug-likeness (QED) is 0.648. The van der Waals surface area contributed by atoms with Crippen LogP contribution in [0.15, 0.2) is 36.1 Å². The van der Waals surface area contributed by atoms with E-state index in [-0.39, 0.29) is 18.3 Å². The van der Waals surface area contributed by atoms with Gasteiger partial charge in [0.1, 0.15) is 5.75 Å². The van der Waals surface area contributed by atoms with E-state index in [0.29, 0.717) is 35.1 Å². The number of ether oxygens (including phenoxy) is 3. The van der Waals surface area contributed by atoms with Gasteiger partial charge < -0.3 is 19.5 Å². The third kappa shape index (κ3) is 2.76. The van der Waals surface area contributed by atoms with Gasteiger partial charge in [-0.15, -0.1) is 0 Å². The Morgan fingerprint density at radius 3 is 2.90 bits per heavy atom. The molecule has 4 heterocycles. The van der Waals surface area contributed by atoms with Crippen LogP contribution in [0.5, 0.6) is 17.2 Å². The fourth-order valence-corrected chi connectivity index (χ4v) is 4.22. The van der Waals surface area contributed by atoms with Crippen molar-refractivity contribution >= 4 is 22.8 Å². The van der Waals surface area contributed by atoms with Crippen LogP contribution in [0.2, 0.25) is 0 Å². The number of hydrogen-bond acceptors (Lipinski definition) is 7. The highest BCUT2D eigenvalue weighted by Gasteiger charge is 2.36. The zero-order valence-corrected chi connectivity index (χ0v) is 16.2. The van der Waals surface area contributed by atoms with E-state index < -0.39 is 0 Å². The number of carbonyl (C=O) groups is 1. The molecule has 1 aromatic heterocycles. The molecule has 0 aliphatic carbocycles. The second kappa shape index (κ2) is 6.86. The first-order valence-electron chi connectivity index (χ1n) is 10.0. The van der Waals surface area contributed by atoms with Gasteiger partial charge in [-0.25, -0.2) is 0 Å². The van der Waals surface area contributed by atoms with E-state index in [9.17, 15) is 4.79 Å². The number of aromatic nitrogens is 2. The second-order valence-corrected chi connectivity index (χ2v) is 7.59. The Morgan fingerprint density at radius 1 is 1.13 bits per heavy atom. The van der Waals surface area contributed by atoms with E-state index in [0.717, 1.165) is 42.6 Å². The average molecular weight is 404 g/mol. The topological polar surface area (TPSA) is 88.7 Å². The molecule has 6 rings (SSSR count). The van der Waals surface area contributed by atoms with Gasteiger partial charge >= 0.3 is 0 Å². The first-order valence-corrected chi connectivity index (χ1v) is 10.0. The Balaban J connectivity index is 1.41. The summed E-state index contributed by atoms with van der Waals surface area (Å²) in [6.45, 7) is 4.52. The smallest absolute Gasteiger partial charge is 0.232 e. The number of rotatable bonds is 3. The van der Waals surface area contributed by atoms with Crippen molar-refractivity contribution in [2.45, 2.75) is 6.54 Å². The molecule has 1 saturated heterocycles. The van der Waals surface area contributed by atoms with Crippen LogP contribution in [0, 0.1) is 0 Å². The summed E-state index contributed by atoms with van der Waals surface area (Å²) in [5.74, 6) is 1.92. The second-order valence-electron chi connectivity index (χ2n) is 7.59. The molecule has 3 aromatic rings. The standard InChI is InChI=1S/C22H20N4O4/c27-20-14-9-19-22(29-12-28-19)15(11-26-7-5-23-6-8-26)21(14)30-18(20)10-17-13-3-1-2-4-16(13)24-25-17/h1-4,9-10,23H,5-8,11-12H2,(H,24,25)/b18-10-. The monoisotopic (exact) mass is 404 g/mol. The van der Waals surface area contributed by atoms with E-state index in [4.69, 9.17) is 14.2 Å². The molecular weight excluding hydrogens is 384 g/mol. The molecule has 2 N–H and O–H groups in total. The Labute approximate surface area is 172 Å². The number of Topliss-reactive ketones (excluding diaryl/α,β-unsaturated/α-hetero) is 1. The predicted octanol–water partition coefficient (Wildman–Crippen LogP) is 2.31. The molecule has 8 heteroatoms. The number of para-hydroxylation sites is 1. The number of carbonyl (C=O) groups excluding carboxylic acids is 1. The summed E-state index contributed by atoms with van der Waals surface area (Å²) in [7, 11) is 0. The zero-order valence-electron chi connectivity index (χ0n) is 16.2. The molecule has 30 heavy (non-hydrogen) atoms. The van der Waals surface area contributed by atoms with E-state index >= 15 is 0 Å². The van der Waals surface area contributed by atoms with Gasteiger partial charge in [-0.3, -0.25) is 14.8 Å². The number of aromatic amines is 1. The third-order valence-electron chi connectivity index (χ3n) is 5.75. The lowest BCUT2D eigenvalue weighted by atomic mass is 10.0. The van der Waals surface area contributed by atoms with Gasteiger partial charge in [-0.1, -0.05) is 18.2 Å². The minimum atomic E-state index is -0.169. The van der Waals surface area contributed by atoms with Crippen molar-refractivity contribution in [3.05, 3.63) is 52.9 Å². The molecule has 0 radical (unpaired) electrons. The molecule has 3 aliphatic rings. The van der Waals surface area contributed by atoms with Gasteiger partial charge in [-0.05, 0) is 12.1 Å². The lowest BCUT2D eigenvalue weighted by Gasteiger charge is -2.28. The summed E-state index contributed by atoms with van der Waals surface area (Å²) in [5.41, 5.74) is 2.96. The summed E-state index contributed by atoms with van der Waals surface area (Å²) in [6, 6.07) is 9.51. The number of piperazine rings is 1. The number of nitrogens with one attached hydrogen (secondary N) is 2. The van der Waals surface area contributed by atoms with Crippen molar-refractivity contribution in [3.63, 3.8) is 0 Å². The van der Waals surface area contributed by atoms with Crippen molar-refractivity contribution in [2.75, 3.05) is 33.0 Å². The Hall–Kier alpha value is -3.36. The number of fused-ring (bicyclic) bond motifs is 3. The maximum Gasteiger partial charge on any atom is 0.232 e. The number of allylic oxidation sites excluding steroid dienone is 1. The number of ketones is 1. The Kier molecular flexibility index (Phi) is 4.00. The summed E-state index contributed by atoms with van der Waals surface area (Å²) in [6.07, 6.45) is 1.70. The van der Waals surface area contributed by atoms with Crippen molar-refractivity contribution < 1.29 is 19.0 Å². The van der Waals surface area contributed by atoms with Crippen molar-refractivity contribution in [3.8, 4) is 17.2 Å². The third-order valence-corrected chi connectivity index (χ3v) is 5.75. The van der Waals surface area contributed by atoms with Crippen LogP contribution in [0.3, 0.4) is 0 Å². The highest BCUT2D eigenvalue weighted by Crippen LogP contribution is 2.48. The number of nitrogens with zero attached hydrogens (tertiary/aromatic N) is 2. The Morgan fingerprint density at radius 2 is 2.00 bits per heavy atom. The van der Waals surface area contributed by atoms with E-state index in [1.165, 1.54) is 0 Å². The van der Waals surface area contributed by atoms with Gasteiger partial charge in [0.05, 0.1) is 22.3 Å². The zero-order chi connectivity index (χ0) is 20.1. The van der Waals surface area contributed by atoms with E-state index in [1.54, 1.807) is 12.1 Å². The highest BCUT2D eigenvalue weighted by molar-refractivity contribution is 6.15. The number of benzene rings is 2. The molecule has 0 atom stereocenters. The average Bonchev–Trinajstić information content (AvgIpc) is 3.48. The summed E-state index contributed by atoms with van der Waals surface area (Å²) in [4.78, 5) is 15.5. The number of H-pyrrole nitrogens is 1. The van der Waals surface area contributed by atoms with Crippen molar-refractivity contribution in [1.82, 2.24) is 20.4 Å². The minimum Gasteiger partial charge on any atom is -0.454 e. The normalized spacial score (nSPS) is 19.5. The van der Waals surface area contributed by atoms with Gasteiger partial charge in [0.2, 0.25) is 12.6 Å². The fraction of sp³-hybridized carbons (Fsp3) is 0.273. The number of hydrogen-bond donors (Lipinski definition) is 2. The van der Waals surface area contributed by atoms with Crippen LogP contribution in [0.1, 0.15) is 21.6 Å². The maximum absolute atomic E-state index is 13.2. The van der Waals surface area contributed by atoms with Gasteiger partial charge in [0, 0.05) is 44.2 Å². The summed E-state index contributed by atoms with van der Waals surface area (Å²) >= 11 is 0. The fourth-order valence-electron chi connectivity index (χ4n) is 4.22. The van der Waals surface area contributed by atoms with Crippen LogP contribution in [-0.4, -0.2) is 53.9 Å². The molecule has 0 spiro atoms. The molecule has 8 nitrogen and oxygen atoms in total. The molecule has 3 aliphatic heterocycles. The van der Waals surface area contributed by atoms with E-state index in [1.807, 2.05) is 24.3 Å². The van der Waals surface area contributed by atoms with Crippen LogP contribution in [0.4, 0.5) is 0 Å². The first-order chi connectivity index (χ1) is 14.8. The SMILES string of the molecule is O=C1/C(=C/c2n[nH]c3ccccc23)Oc2c1cc1c(c2CN2CCNCC2)OCO1. The summed E-state index contributed by atoms with van der Waals surface area (Å²) in [5, 5.41) is 11.6. The van der Waals surface area contributed by atoms with Crippen LogP contribution < -0.4 is 19.5 Å². The molecule has 0 saturated carbocycles. The predicted molar refractivity (Wildman–Crippen MR) is 110 cm³/mol. The van der Waals surface area contributed by atoms with Gasteiger partial charge in [-0.2, -0.15) is 5.10 Å². The molecule has 1 fully saturated rings. The lowest BCUT2D eigenvalue weighted by molar-refractivity contribution is 0.101. The maximum atomic E-state index is 13.2. The molecular formula is C22H20N4O4. The molecule has 0 amide bonds. The van der Waals surface area contributed by atoms with Crippen molar-refractivity contribution in [1.29, 1.82) is 0 Å². The molecule has 0 bridgehead atoms. The minimum absolute atomic E-state index is 0.156. The highest BCUT2D eigenvalue weighted by atomic mass is 16.7. The first kappa shape index (κ1) is 17.5. The largest absolute Gasteiger partial charge is 0.454 e.